The number of nitro groups is 1. The Hall–Kier alpha value is -1.62. The minimum atomic E-state index is -3.85. The zero-order valence-corrected chi connectivity index (χ0v) is 11.5. The van der Waals surface area contributed by atoms with Gasteiger partial charge in [-0.15, -0.1) is 12.3 Å². The molecule has 0 aliphatic heterocycles. The van der Waals surface area contributed by atoms with Crippen molar-refractivity contribution >= 4 is 27.3 Å². The van der Waals surface area contributed by atoms with Gasteiger partial charge in [-0.3, -0.25) is 10.1 Å². The lowest BCUT2D eigenvalue weighted by atomic mass is 10.3. The van der Waals surface area contributed by atoms with Gasteiger partial charge >= 0.3 is 0 Å². The van der Waals surface area contributed by atoms with Gasteiger partial charge in [0.15, 0.2) is 0 Å². The van der Waals surface area contributed by atoms with E-state index in [9.17, 15) is 18.5 Å². The molecule has 1 rings (SSSR count). The van der Waals surface area contributed by atoms with Crippen LogP contribution in [0.4, 0.5) is 5.69 Å². The zero-order chi connectivity index (χ0) is 14.6. The minimum absolute atomic E-state index is 0.213. The number of hydrogen-bond donors (Lipinski definition) is 1. The Labute approximate surface area is 116 Å². The first-order valence-electron chi connectivity index (χ1n) is 5.17. The average molecular weight is 303 g/mol. The van der Waals surface area contributed by atoms with Crippen molar-refractivity contribution in [2.75, 3.05) is 0 Å². The van der Waals surface area contributed by atoms with Crippen molar-refractivity contribution < 1.29 is 13.3 Å². The van der Waals surface area contributed by atoms with E-state index in [4.69, 9.17) is 18.0 Å². The van der Waals surface area contributed by atoms with Gasteiger partial charge in [0.05, 0.1) is 9.95 Å². The fourth-order valence-electron chi connectivity index (χ4n) is 1.37. The van der Waals surface area contributed by atoms with Gasteiger partial charge in [0.25, 0.3) is 5.69 Å². The van der Waals surface area contributed by atoms with Crippen LogP contribution in [0.25, 0.3) is 0 Å². The third-order valence-electron chi connectivity index (χ3n) is 2.20. The summed E-state index contributed by atoms with van der Waals surface area (Å²) in [6.07, 6.45) is 5.31. The van der Waals surface area contributed by atoms with Gasteiger partial charge in [-0.1, -0.05) is 11.6 Å². The first-order chi connectivity index (χ1) is 8.77. The second-order valence-corrected chi connectivity index (χ2v) is 5.89. The first kappa shape index (κ1) is 15.4. The molecule has 0 amide bonds. The predicted molar refractivity (Wildman–Crippen MR) is 71.3 cm³/mol. The SMILES string of the molecule is C#CCC(C)NS(=O)(=O)c1ccc([N+](=O)[O-])cc1Cl. The van der Waals surface area contributed by atoms with Crippen LogP contribution in [0.5, 0.6) is 0 Å². The van der Waals surface area contributed by atoms with Gasteiger partial charge in [0, 0.05) is 24.6 Å². The van der Waals surface area contributed by atoms with Crippen molar-refractivity contribution in [2.24, 2.45) is 0 Å². The molecular formula is C11H11ClN2O4S. The number of benzene rings is 1. The molecule has 0 fully saturated rings. The maximum Gasteiger partial charge on any atom is 0.271 e. The van der Waals surface area contributed by atoms with Crippen molar-refractivity contribution in [1.82, 2.24) is 4.72 Å². The van der Waals surface area contributed by atoms with Crippen LogP contribution >= 0.6 is 11.6 Å². The number of non-ortho nitro benzene ring substituents is 1. The highest BCUT2D eigenvalue weighted by Gasteiger charge is 2.22. The topological polar surface area (TPSA) is 89.3 Å². The summed E-state index contributed by atoms with van der Waals surface area (Å²) in [6.45, 7) is 1.61. The summed E-state index contributed by atoms with van der Waals surface area (Å²) in [4.78, 5) is 9.66. The quantitative estimate of drug-likeness (QED) is 0.511. The fourth-order valence-corrected chi connectivity index (χ4v) is 3.15. The number of nitro benzene ring substituents is 1. The van der Waals surface area contributed by atoms with Crippen LogP contribution in [-0.4, -0.2) is 19.4 Å². The largest absolute Gasteiger partial charge is 0.271 e. The van der Waals surface area contributed by atoms with E-state index in [1.807, 2.05) is 0 Å². The molecule has 0 aliphatic carbocycles. The molecule has 1 aromatic rings. The fraction of sp³-hybridized carbons (Fsp3) is 0.273. The van der Waals surface area contributed by atoms with Crippen LogP contribution < -0.4 is 4.72 Å². The van der Waals surface area contributed by atoms with E-state index in [2.05, 4.69) is 10.6 Å². The summed E-state index contributed by atoms with van der Waals surface area (Å²) >= 11 is 5.75. The number of halogens is 1. The molecule has 0 aromatic heterocycles. The molecule has 0 radical (unpaired) electrons. The highest BCUT2D eigenvalue weighted by Crippen LogP contribution is 2.26. The molecule has 0 saturated carbocycles. The van der Waals surface area contributed by atoms with Gasteiger partial charge in [0.1, 0.15) is 4.90 Å². The summed E-state index contributed by atoms with van der Waals surface area (Å²) in [5, 5.41) is 10.3. The minimum Gasteiger partial charge on any atom is -0.258 e. The van der Waals surface area contributed by atoms with E-state index in [1.165, 1.54) is 0 Å². The van der Waals surface area contributed by atoms with Crippen molar-refractivity contribution in [2.45, 2.75) is 24.3 Å². The molecular weight excluding hydrogens is 292 g/mol. The smallest absolute Gasteiger partial charge is 0.258 e. The molecule has 1 N–H and O–H groups in total. The molecule has 0 saturated heterocycles. The highest BCUT2D eigenvalue weighted by molar-refractivity contribution is 7.89. The van der Waals surface area contributed by atoms with E-state index in [0.717, 1.165) is 18.2 Å². The average Bonchev–Trinajstić information content (AvgIpc) is 2.27. The molecule has 0 aliphatic rings. The number of terminal acetylenes is 1. The Bertz CT molecular complexity index is 637. The van der Waals surface area contributed by atoms with Crippen LogP contribution in [-0.2, 0) is 10.0 Å². The molecule has 0 heterocycles. The second kappa shape index (κ2) is 6.02. The number of hydrogen-bond acceptors (Lipinski definition) is 4. The maximum atomic E-state index is 12.0. The van der Waals surface area contributed by atoms with Crippen LogP contribution in [0, 0.1) is 22.5 Å². The Balaban J connectivity index is 3.09. The van der Waals surface area contributed by atoms with Crippen molar-refractivity contribution in [3.63, 3.8) is 0 Å². The van der Waals surface area contributed by atoms with Crippen LogP contribution in [0.3, 0.4) is 0 Å². The Morgan fingerprint density at radius 2 is 2.21 bits per heavy atom. The summed E-state index contributed by atoms with van der Waals surface area (Å²) in [5.74, 6) is 2.33. The molecule has 1 aromatic carbocycles. The van der Waals surface area contributed by atoms with Crippen LogP contribution in [0.2, 0.25) is 5.02 Å². The lowest BCUT2D eigenvalue weighted by Gasteiger charge is -2.12. The monoisotopic (exact) mass is 302 g/mol. The van der Waals surface area contributed by atoms with Crippen LogP contribution in [0.1, 0.15) is 13.3 Å². The Morgan fingerprint density at radius 1 is 1.58 bits per heavy atom. The number of nitrogens with zero attached hydrogens (tertiary/aromatic N) is 1. The van der Waals surface area contributed by atoms with E-state index in [1.54, 1.807) is 6.92 Å². The van der Waals surface area contributed by atoms with E-state index in [-0.39, 0.29) is 22.0 Å². The summed E-state index contributed by atoms with van der Waals surface area (Å²) in [5.41, 5.74) is -0.277. The third kappa shape index (κ3) is 3.92. The summed E-state index contributed by atoms with van der Waals surface area (Å²) in [6, 6.07) is 2.70. The molecule has 1 atom stereocenters. The van der Waals surface area contributed by atoms with Crippen molar-refractivity contribution in [3.8, 4) is 12.3 Å². The Morgan fingerprint density at radius 3 is 2.68 bits per heavy atom. The molecule has 1 unspecified atom stereocenters. The lowest BCUT2D eigenvalue weighted by molar-refractivity contribution is -0.384. The van der Waals surface area contributed by atoms with Crippen molar-refractivity contribution in [1.29, 1.82) is 0 Å². The second-order valence-electron chi connectivity index (χ2n) is 3.80. The Kier molecular flexibility index (Phi) is 4.89. The van der Waals surface area contributed by atoms with Gasteiger partial charge in [0.2, 0.25) is 10.0 Å². The highest BCUT2D eigenvalue weighted by atomic mass is 35.5. The van der Waals surface area contributed by atoms with Gasteiger partial charge in [-0.25, -0.2) is 13.1 Å². The normalized spacial score (nSPS) is 12.7. The van der Waals surface area contributed by atoms with Crippen molar-refractivity contribution in [3.05, 3.63) is 33.3 Å². The predicted octanol–water partition coefficient (Wildman–Crippen LogP) is 1.94. The molecule has 8 heteroatoms. The van der Waals surface area contributed by atoms with E-state index < -0.39 is 21.0 Å². The summed E-state index contributed by atoms with van der Waals surface area (Å²) in [7, 11) is -3.85. The molecule has 0 spiro atoms. The molecule has 102 valence electrons. The van der Waals surface area contributed by atoms with E-state index in [0.29, 0.717) is 0 Å². The van der Waals surface area contributed by atoms with Crippen LogP contribution in [0.15, 0.2) is 23.1 Å². The number of rotatable bonds is 5. The lowest BCUT2D eigenvalue weighted by Crippen LogP contribution is -2.32. The summed E-state index contributed by atoms with van der Waals surface area (Å²) < 4.78 is 26.3. The standard InChI is InChI=1S/C11H11ClN2O4S/c1-3-4-8(2)13-19(17,18)11-6-5-9(14(15)16)7-10(11)12/h1,5-8,13H,4H2,2H3. The molecule has 6 nitrogen and oxygen atoms in total. The third-order valence-corrected chi connectivity index (χ3v) is 4.27. The number of sulfonamides is 1. The van der Waals surface area contributed by atoms with Gasteiger partial charge in [-0.2, -0.15) is 0 Å². The van der Waals surface area contributed by atoms with Gasteiger partial charge < -0.3 is 0 Å². The molecule has 19 heavy (non-hydrogen) atoms. The molecule has 0 bridgehead atoms. The maximum absolute atomic E-state index is 12.0. The van der Waals surface area contributed by atoms with E-state index >= 15 is 0 Å². The number of nitrogens with one attached hydrogen (secondary N) is 1. The van der Waals surface area contributed by atoms with Gasteiger partial charge in [-0.05, 0) is 13.0 Å². The first-order valence-corrected chi connectivity index (χ1v) is 7.03. The zero-order valence-electron chi connectivity index (χ0n) is 9.96.